The highest BCUT2D eigenvalue weighted by molar-refractivity contribution is 5.90. The molecule has 0 saturated carbocycles. The topological polar surface area (TPSA) is 76.1 Å². The van der Waals surface area contributed by atoms with Gasteiger partial charge in [0.2, 0.25) is 0 Å². The second-order valence-electron chi connectivity index (χ2n) is 5.21. The largest absolute Gasteiger partial charge is 0.457 e. The van der Waals surface area contributed by atoms with E-state index in [0.29, 0.717) is 17.6 Å². The maximum atomic E-state index is 12.6. The van der Waals surface area contributed by atoms with E-state index in [2.05, 4.69) is 5.32 Å². The molecule has 1 aromatic heterocycles. The summed E-state index contributed by atoms with van der Waals surface area (Å²) in [6.07, 6.45) is -4.75. The minimum Gasteiger partial charge on any atom is -0.457 e. The van der Waals surface area contributed by atoms with E-state index >= 15 is 0 Å². The fourth-order valence-electron chi connectivity index (χ4n) is 2.10. The molecule has 0 spiro atoms. The molecule has 2 N–H and O–H groups in total. The number of nitrogens with one attached hydrogen (secondary N) is 2. The fraction of sp³-hybridized carbons (Fsp3) is 0.0588. The Kier molecular flexibility index (Phi) is 4.53. The average Bonchev–Trinajstić information content (AvgIpc) is 3.00. The molecule has 1 amide bonds. The highest BCUT2D eigenvalue weighted by Crippen LogP contribution is 2.26. The van der Waals surface area contributed by atoms with Crippen LogP contribution in [0.1, 0.15) is 5.69 Å². The van der Waals surface area contributed by atoms with Crippen molar-refractivity contribution in [3.8, 4) is 11.5 Å². The van der Waals surface area contributed by atoms with E-state index in [1.807, 2.05) is 18.2 Å². The number of halogens is 3. The summed E-state index contributed by atoms with van der Waals surface area (Å²) in [6, 6.07) is 14.4. The zero-order chi connectivity index (χ0) is 18.7. The number of nitrogens with zero attached hydrogens (tertiary/aromatic N) is 1. The van der Waals surface area contributed by atoms with Crippen LogP contribution >= 0.6 is 0 Å². The van der Waals surface area contributed by atoms with Gasteiger partial charge in [-0.1, -0.05) is 18.2 Å². The van der Waals surface area contributed by atoms with Crippen molar-refractivity contribution < 1.29 is 22.7 Å². The number of alkyl halides is 3. The van der Waals surface area contributed by atoms with Crippen molar-refractivity contribution in [1.82, 2.24) is 9.78 Å². The van der Waals surface area contributed by atoms with Gasteiger partial charge in [-0.2, -0.15) is 17.9 Å². The highest BCUT2D eigenvalue weighted by Gasteiger charge is 2.34. The van der Waals surface area contributed by atoms with Crippen LogP contribution in [0.5, 0.6) is 11.5 Å². The molecule has 0 aliphatic rings. The van der Waals surface area contributed by atoms with E-state index in [-0.39, 0.29) is 10.4 Å². The smallest absolute Gasteiger partial charge is 0.432 e. The Morgan fingerprint density at radius 3 is 2.19 bits per heavy atom. The Balaban J connectivity index is 1.70. The molecule has 0 unspecified atom stereocenters. The lowest BCUT2D eigenvalue weighted by molar-refractivity contribution is -0.141. The Labute approximate surface area is 144 Å². The summed E-state index contributed by atoms with van der Waals surface area (Å²) in [5, 5.41) is 4.05. The fourth-order valence-corrected chi connectivity index (χ4v) is 2.10. The quantitative estimate of drug-likeness (QED) is 0.737. The lowest BCUT2D eigenvalue weighted by Gasteiger charge is -2.08. The Hall–Kier alpha value is -3.49. The van der Waals surface area contributed by atoms with Crippen molar-refractivity contribution >= 4 is 11.7 Å². The van der Waals surface area contributed by atoms with Crippen LogP contribution in [0.2, 0.25) is 0 Å². The zero-order valence-corrected chi connectivity index (χ0v) is 13.1. The number of carbonyl (C=O) groups excluding carboxylic acids is 1. The normalized spacial score (nSPS) is 11.2. The van der Waals surface area contributed by atoms with Gasteiger partial charge in [-0.3, -0.25) is 9.89 Å². The van der Waals surface area contributed by atoms with Crippen molar-refractivity contribution in [3.05, 3.63) is 76.7 Å². The number of benzene rings is 2. The van der Waals surface area contributed by atoms with Gasteiger partial charge in [0, 0.05) is 11.8 Å². The molecule has 0 aliphatic carbocycles. The van der Waals surface area contributed by atoms with Gasteiger partial charge in [0.15, 0.2) is 0 Å². The van der Waals surface area contributed by atoms with Gasteiger partial charge >= 0.3 is 12.2 Å². The molecular formula is C17H12F3N3O3. The van der Waals surface area contributed by atoms with Crippen molar-refractivity contribution in [2.24, 2.45) is 0 Å². The van der Waals surface area contributed by atoms with Crippen LogP contribution < -0.4 is 15.6 Å². The van der Waals surface area contributed by atoms with E-state index in [1.54, 1.807) is 29.4 Å². The van der Waals surface area contributed by atoms with E-state index in [4.69, 9.17) is 4.74 Å². The van der Waals surface area contributed by atoms with Gasteiger partial charge in [-0.15, -0.1) is 0 Å². The number of hydrogen-bond donors (Lipinski definition) is 2. The Bertz CT molecular complexity index is 961. The second-order valence-corrected chi connectivity index (χ2v) is 5.21. The number of hydrogen-bond acceptors (Lipinski definition) is 3. The molecule has 0 fully saturated rings. The molecule has 0 aliphatic heterocycles. The molecule has 0 saturated heterocycles. The predicted octanol–water partition coefficient (Wildman–Crippen LogP) is 4.07. The Morgan fingerprint density at radius 2 is 1.62 bits per heavy atom. The third kappa shape index (κ3) is 3.94. The van der Waals surface area contributed by atoms with Crippen LogP contribution in [0, 0.1) is 0 Å². The molecule has 2 aromatic carbocycles. The van der Waals surface area contributed by atoms with Crippen LogP contribution in [0.4, 0.5) is 23.7 Å². The molecule has 26 heavy (non-hydrogen) atoms. The van der Waals surface area contributed by atoms with Crippen molar-refractivity contribution in [1.29, 1.82) is 0 Å². The predicted molar refractivity (Wildman–Crippen MR) is 87.4 cm³/mol. The van der Waals surface area contributed by atoms with Crippen molar-refractivity contribution in [3.63, 3.8) is 0 Å². The highest BCUT2D eigenvalue weighted by atomic mass is 19.4. The molecule has 9 heteroatoms. The zero-order valence-electron chi connectivity index (χ0n) is 13.1. The number of anilines is 1. The number of carbonyl (C=O) groups is 1. The maximum absolute atomic E-state index is 12.6. The summed E-state index contributed by atoms with van der Waals surface area (Å²) in [5.74, 6) is 1.13. The number of ether oxygens (including phenoxy) is 1. The van der Waals surface area contributed by atoms with Crippen LogP contribution in [-0.4, -0.2) is 15.8 Å². The number of para-hydroxylation sites is 1. The first-order valence-electron chi connectivity index (χ1n) is 7.36. The lowest BCUT2D eigenvalue weighted by Crippen LogP contribution is -2.29. The maximum Gasteiger partial charge on any atom is 0.432 e. The first-order chi connectivity index (χ1) is 12.3. The van der Waals surface area contributed by atoms with E-state index in [0.717, 1.165) is 0 Å². The molecule has 134 valence electrons. The van der Waals surface area contributed by atoms with Crippen molar-refractivity contribution in [2.45, 2.75) is 6.18 Å². The summed E-state index contributed by atoms with van der Waals surface area (Å²) in [6.45, 7) is 0. The minimum absolute atomic E-state index is 0.247. The number of aromatic nitrogens is 2. The number of amides is 1. The van der Waals surface area contributed by atoms with Gasteiger partial charge in [0.25, 0.3) is 5.56 Å². The van der Waals surface area contributed by atoms with Crippen LogP contribution in [-0.2, 0) is 6.18 Å². The first kappa shape index (κ1) is 17.3. The Morgan fingerprint density at radius 1 is 1.00 bits per heavy atom. The van der Waals surface area contributed by atoms with Gasteiger partial charge in [-0.25, -0.2) is 4.79 Å². The van der Waals surface area contributed by atoms with Crippen molar-refractivity contribution in [2.75, 3.05) is 5.32 Å². The molecule has 6 nitrogen and oxygen atoms in total. The van der Waals surface area contributed by atoms with E-state index < -0.39 is 23.5 Å². The average molecular weight is 363 g/mol. The number of H-pyrrole nitrogens is 1. The van der Waals surface area contributed by atoms with Gasteiger partial charge in [0.1, 0.15) is 17.2 Å². The SMILES string of the molecule is O=C(Nc1ccc(Oc2ccccc2)cc1)n1[nH]c(C(F)(F)F)cc1=O. The minimum atomic E-state index is -4.75. The number of rotatable bonds is 3. The standard InChI is InChI=1S/C17H12F3N3O3/c18-17(19,20)14-10-15(24)23(22-14)16(25)21-11-6-8-13(9-7-11)26-12-4-2-1-3-5-12/h1-10,22H,(H,21,25). The van der Waals surface area contributed by atoms with Gasteiger partial charge < -0.3 is 10.1 Å². The summed E-state index contributed by atoms with van der Waals surface area (Å²) in [4.78, 5) is 23.5. The summed E-state index contributed by atoms with van der Waals surface area (Å²) < 4.78 is 43.5. The first-order valence-corrected chi connectivity index (χ1v) is 7.36. The number of aromatic amines is 1. The third-order valence-corrected chi connectivity index (χ3v) is 3.31. The summed E-state index contributed by atoms with van der Waals surface area (Å²) in [7, 11) is 0. The molecule has 3 aromatic rings. The summed E-state index contributed by atoms with van der Waals surface area (Å²) in [5.41, 5.74) is -2.13. The van der Waals surface area contributed by atoms with Crippen LogP contribution in [0.25, 0.3) is 0 Å². The van der Waals surface area contributed by atoms with Gasteiger partial charge in [0.05, 0.1) is 0 Å². The van der Waals surface area contributed by atoms with Crippen LogP contribution in [0.15, 0.2) is 65.5 Å². The van der Waals surface area contributed by atoms with E-state index in [9.17, 15) is 22.8 Å². The molecular weight excluding hydrogens is 351 g/mol. The van der Waals surface area contributed by atoms with Gasteiger partial charge in [-0.05, 0) is 36.4 Å². The molecule has 3 rings (SSSR count). The molecule has 1 heterocycles. The molecule has 0 bridgehead atoms. The molecule has 0 radical (unpaired) electrons. The lowest BCUT2D eigenvalue weighted by atomic mass is 10.3. The van der Waals surface area contributed by atoms with Crippen LogP contribution in [0.3, 0.4) is 0 Å². The summed E-state index contributed by atoms with van der Waals surface area (Å²) >= 11 is 0. The third-order valence-electron chi connectivity index (χ3n) is 3.31. The van der Waals surface area contributed by atoms with E-state index in [1.165, 1.54) is 12.1 Å². The monoisotopic (exact) mass is 363 g/mol. The molecule has 0 atom stereocenters. The second kappa shape index (κ2) is 6.79.